The van der Waals surface area contributed by atoms with E-state index in [2.05, 4.69) is 24.7 Å². The predicted molar refractivity (Wildman–Crippen MR) is 167 cm³/mol. The summed E-state index contributed by atoms with van der Waals surface area (Å²) >= 11 is 12.6. The standard InChI is InChI=1S/C30H35Cl2N7O5/c1-2-43-28(40)3-4-36-5-9-38(10-6-36)29-33-18-25(19-34-29)44-27-14-21(20-37-7-11-39(12-8-37)30(41)42)13-26(35-27)22-15-23(31)17-24(32)16-22/h13-19H,2-12,20H2,1H3,(H,41,42). The number of aromatic nitrogens is 3. The fourth-order valence-corrected chi connectivity index (χ4v) is 5.73. The van der Waals surface area contributed by atoms with Gasteiger partial charge < -0.3 is 24.4 Å². The van der Waals surface area contributed by atoms with Gasteiger partial charge in [-0.25, -0.2) is 19.7 Å². The number of hydrogen-bond acceptors (Lipinski definition) is 10. The highest BCUT2D eigenvalue weighted by Crippen LogP contribution is 2.30. The molecule has 12 nitrogen and oxygen atoms in total. The Labute approximate surface area is 266 Å². The zero-order chi connectivity index (χ0) is 31.1. The Morgan fingerprint density at radius 2 is 1.55 bits per heavy atom. The minimum Gasteiger partial charge on any atom is -0.466 e. The van der Waals surface area contributed by atoms with Crippen LogP contribution in [0.5, 0.6) is 11.6 Å². The Morgan fingerprint density at radius 3 is 2.18 bits per heavy atom. The normalized spacial score (nSPS) is 16.2. The van der Waals surface area contributed by atoms with Crippen molar-refractivity contribution < 1.29 is 24.2 Å². The van der Waals surface area contributed by atoms with Crippen LogP contribution in [0.25, 0.3) is 11.3 Å². The smallest absolute Gasteiger partial charge is 0.407 e. The topological polar surface area (TPSA) is 124 Å². The number of amides is 1. The summed E-state index contributed by atoms with van der Waals surface area (Å²) in [5.41, 5.74) is 2.34. The molecular weight excluding hydrogens is 609 g/mol. The van der Waals surface area contributed by atoms with E-state index in [1.807, 2.05) is 19.1 Å². The predicted octanol–water partition coefficient (Wildman–Crippen LogP) is 4.51. The molecule has 2 fully saturated rings. The Bertz CT molecular complexity index is 1430. The molecule has 2 aromatic heterocycles. The number of carbonyl (C=O) groups is 2. The van der Waals surface area contributed by atoms with Crippen LogP contribution in [-0.2, 0) is 16.1 Å². The molecule has 3 aromatic rings. The van der Waals surface area contributed by atoms with Crippen LogP contribution in [0.15, 0.2) is 42.7 Å². The molecule has 4 heterocycles. The summed E-state index contributed by atoms with van der Waals surface area (Å²) in [5, 5.41) is 10.3. The molecule has 0 radical (unpaired) electrons. The molecular formula is C30H35Cl2N7O5. The van der Waals surface area contributed by atoms with E-state index in [9.17, 15) is 14.7 Å². The number of rotatable bonds is 10. The fourth-order valence-electron chi connectivity index (χ4n) is 5.21. The van der Waals surface area contributed by atoms with E-state index < -0.39 is 6.09 Å². The van der Waals surface area contributed by atoms with Crippen LogP contribution in [-0.4, -0.2) is 112 Å². The lowest BCUT2D eigenvalue weighted by Crippen LogP contribution is -2.47. The monoisotopic (exact) mass is 643 g/mol. The highest BCUT2D eigenvalue weighted by atomic mass is 35.5. The molecule has 0 unspecified atom stereocenters. The molecule has 2 aliphatic heterocycles. The summed E-state index contributed by atoms with van der Waals surface area (Å²) in [4.78, 5) is 44.7. The molecule has 5 rings (SSSR count). The number of carbonyl (C=O) groups excluding carboxylic acids is 1. The first-order valence-electron chi connectivity index (χ1n) is 14.6. The number of anilines is 1. The van der Waals surface area contributed by atoms with Crippen molar-refractivity contribution in [2.45, 2.75) is 19.9 Å². The lowest BCUT2D eigenvalue weighted by atomic mass is 10.1. The largest absolute Gasteiger partial charge is 0.466 e. The second-order valence-corrected chi connectivity index (χ2v) is 11.5. The van der Waals surface area contributed by atoms with E-state index in [0.717, 1.165) is 37.3 Å². The second-order valence-electron chi connectivity index (χ2n) is 10.6. The van der Waals surface area contributed by atoms with Gasteiger partial charge in [-0.15, -0.1) is 0 Å². The third-order valence-electron chi connectivity index (χ3n) is 7.50. The van der Waals surface area contributed by atoms with E-state index in [0.29, 0.717) is 85.6 Å². The van der Waals surface area contributed by atoms with Crippen molar-refractivity contribution in [3.63, 3.8) is 0 Å². The molecule has 0 saturated carbocycles. The van der Waals surface area contributed by atoms with Gasteiger partial charge in [0.25, 0.3) is 0 Å². The van der Waals surface area contributed by atoms with Crippen molar-refractivity contribution >= 4 is 41.2 Å². The van der Waals surface area contributed by atoms with Crippen molar-refractivity contribution in [2.24, 2.45) is 0 Å². The average Bonchev–Trinajstić information content (AvgIpc) is 3.00. The SMILES string of the molecule is CCOC(=O)CCN1CCN(c2ncc(Oc3cc(CN4CCN(C(=O)O)CC4)cc(-c4cc(Cl)cc(Cl)c4)n3)cn2)CC1. The quantitative estimate of drug-likeness (QED) is 0.314. The van der Waals surface area contributed by atoms with Crippen LogP contribution < -0.4 is 9.64 Å². The third-order valence-corrected chi connectivity index (χ3v) is 7.93. The Kier molecular flexibility index (Phi) is 10.7. The zero-order valence-electron chi connectivity index (χ0n) is 24.5. The van der Waals surface area contributed by atoms with Gasteiger partial charge in [-0.3, -0.25) is 14.6 Å². The highest BCUT2D eigenvalue weighted by molar-refractivity contribution is 6.35. The maximum atomic E-state index is 11.7. The van der Waals surface area contributed by atoms with Crippen LogP contribution in [0.2, 0.25) is 10.0 Å². The van der Waals surface area contributed by atoms with E-state index in [1.165, 1.54) is 4.90 Å². The van der Waals surface area contributed by atoms with E-state index >= 15 is 0 Å². The number of halogens is 2. The summed E-state index contributed by atoms with van der Waals surface area (Å²) in [6.45, 7) is 8.73. The maximum Gasteiger partial charge on any atom is 0.407 e. The van der Waals surface area contributed by atoms with E-state index in [1.54, 1.807) is 30.6 Å². The first kappa shape index (κ1) is 31.7. The molecule has 1 aromatic carbocycles. The molecule has 44 heavy (non-hydrogen) atoms. The van der Waals surface area contributed by atoms with Gasteiger partial charge >= 0.3 is 12.1 Å². The van der Waals surface area contributed by atoms with E-state index in [-0.39, 0.29) is 5.97 Å². The molecule has 2 saturated heterocycles. The summed E-state index contributed by atoms with van der Waals surface area (Å²) in [6, 6.07) is 9.08. The van der Waals surface area contributed by atoms with Gasteiger partial charge in [0, 0.05) is 87.1 Å². The van der Waals surface area contributed by atoms with Crippen LogP contribution in [0.3, 0.4) is 0 Å². The molecule has 1 N–H and O–H groups in total. The van der Waals surface area contributed by atoms with Crippen molar-refractivity contribution in [3.8, 4) is 22.9 Å². The summed E-state index contributed by atoms with van der Waals surface area (Å²) < 4.78 is 11.2. The molecule has 14 heteroatoms. The maximum absolute atomic E-state index is 11.7. The minimum absolute atomic E-state index is 0.170. The molecule has 234 valence electrons. The fraction of sp³-hybridized carbons (Fsp3) is 0.433. The Morgan fingerprint density at radius 1 is 0.886 bits per heavy atom. The van der Waals surface area contributed by atoms with Crippen molar-refractivity contribution in [3.05, 3.63) is 58.3 Å². The van der Waals surface area contributed by atoms with Gasteiger partial charge in [-0.05, 0) is 36.8 Å². The average molecular weight is 645 g/mol. The van der Waals surface area contributed by atoms with Crippen molar-refractivity contribution in [1.29, 1.82) is 0 Å². The lowest BCUT2D eigenvalue weighted by Gasteiger charge is -2.34. The van der Waals surface area contributed by atoms with Gasteiger partial charge in [0.15, 0.2) is 5.75 Å². The van der Waals surface area contributed by atoms with Crippen LogP contribution in [0.4, 0.5) is 10.7 Å². The van der Waals surface area contributed by atoms with Crippen LogP contribution in [0, 0.1) is 0 Å². The number of pyridine rings is 1. The Hall–Kier alpha value is -3.71. The lowest BCUT2D eigenvalue weighted by molar-refractivity contribution is -0.143. The van der Waals surface area contributed by atoms with Gasteiger partial charge in [0.2, 0.25) is 11.8 Å². The summed E-state index contributed by atoms with van der Waals surface area (Å²) in [6.07, 6.45) is 2.75. The first-order chi connectivity index (χ1) is 21.2. The number of piperazine rings is 2. The molecule has 1 amide bonds. The highest BCUT2D eigenvalue weighted by Gasteiger charge is 2.22. The summed E-state index contributed by atoms with van der Waals surface area (Å²) in [5.74, 6) is 1.25. The number of nitrogens with zero attached hydrogens (tertiary/aromatic N) is 7. The zero-order valence-corrected chi connectivity index (χ0v) is 26.0. The number of carboxylic acid groups (broad SMARTS) is 1. The number of benzene rings is 1. The van der Waals surface area contributed by atoms with Gasteiger partial charge in [0.05, 0.1) is 31.1 Å². The van der Waals surface area contributed by atoms with Crippen molar-refractivity contribution in [2.75, 3.05) is 70.4 Å². The van der Waals surface area contributed by atoms with Gasteiger partial charge in [-0.1, -0.05) is 23.2 Å². The third kappa shape index (κ3) is 8.69. The molecule has 0 spiro atoms. The second kappa shape index (κ2) is 14.8. The van der Waals surface area contributed by atoms with E-state index in [4.69, 9.17) is 37.7 Å². The van der Waals surface area contributed by atoms with Crippen LogP contribution >= 0.6 is 23.2 Å². The summed E-state index contributed by atoms with van der Waals surface area (Å²) in [7, 11) is 0. The van der Waals surface area contributed by atoms with Gasteiger partial charge in [-0.2, -0.15) is 0 Å². The van der Waals surface area contributed by atoms with Crippen LogP contribution in [0.1, 0.15) is 18.9 Å². The van der Waals surface area contributed by atoms with Crippen molar-refractivity contribution in [1.82, 2.24) is 29.7 Å². The molecule has 0 aliphatic carbocycles. The molecule has 0 bridgehead atoms. The minimum atomic E-state index is -0.897. The van der Waals surface area contributed by atoms with Gasteiger partial charge in [0.1, 0.15) is 0 Å². The number of ether oxygens (including phenoxy) is 2. The first-order valence-corrected chi connectivity index (χ1v) is 15.3. The Balaban J connectivity index is 1.26. The number of esters is 1. The number of hydrogen-bond donors (Lipinski definition) is 1. The molecule has 0 atom stereocenters. The molecule has 2 aliphatic rings.